The zero-order chi connectivity index (χ0) is 21.4. The van der Waals surface area contributed by atoms with Crippen molar-refractivity contribution in [1.82, 2.24) is 0 Å². The lowest BCUT2D eigenvalue weighted by molar-refractivity contribution is -0.385. The van der Waals surface area contributed by atoms with E-state index in [1.165, 1.54) is 32.0 Å². The fourth-order valence-electron chi connectivity index (χ4n) is 2.51. The molecule has 29 heavy (non-hydrogen) atoms. The number of esters is 2. The monoisotopic (exact) mass is 400 g/mol. The number of nitro benzene ring substituents is 1. The maximum absolute atomic E-state index is 12.2. The molecule has 0 aromatic heterocycles. The highest BCUT2D eigenvalue weighted by atomic mass is 16.7. The minimum absolute atomic E-state index is 0.0210. The number of ether oxygens (including phenoxy) is 2. The van der Waals surface area contributed by atoms with Gasteiger partial charge in [-0.15, -0.1) is 0 Å². The van der Waals surface area contributed by atoms with Crippen molar-refractivity contribution in [2.45, 2.75) is 26.6 Å². The van der Waals surface area contributed by atoms with Crippen molar-refractivity contribution in [2.75, 3.05) is 11.9 Å². The molecule has 1 unspecified atom stereocenters. The fraction of sp³-hybridized carbons (Fsp3) is 0.250. The highest BCUT2D eigenvalue weighted by Crippen LogP contribution is 2.22. The molecule has 2 aromatic rings. The second-order valence-corrected chi connectivity index (χ2v) is 6.09. The summed E-state index contributed by atoms with van der Waals surface area (Å²) in [7, 11) is 0. The Balaban J connectivity index is 1.82. The van der Waals surface area contributed by atoms with E-state index in [1.54, 1.807) is 24.3 Å². The molecule has 0 saturated heterocycles. The molecule has 0 aliphatic carbocycles. The van der Waals surface area contributed by atoms with E-state index < -0.39 is 23.2 Å². The lowest BCUT2D eigenvalue weighted by atomic mass is 10.1. The number of nitrogens with one attached hydrogen (secondary N) is 1. The van der Waals surface area contributed by atoms with Gasteiger partial charge in [-0.3, -0.25) is 19.7 Å². The molecule has 0 saturated carbocycles. The summed E-state index contributed by atoms with van der Waals surface area (Å²) in [6.07, 6.45) is -0.396. The summed E-state index contributed by atoms with van der Waals surface area (Å²) in [5, 5.41) is 14.0. The summed E-state index contributed by atoms with van der Waals surface area (Å²) < 4.78 is 10.1. The van der Waals surface area contributed by atoms with E-state index in [0.29, 0.717) is 5.56 Å². The van der Waals surface area contributed by atoms with Crippen LogP contribution in [0.5, 0.6) is 0 Å². The van der Waals surface area contributed by atoms with E-state index in [-0.39, 0.29) is 29.8 Å². The van der Waals surface area contributed by atoms with E-state index >= 15 is 0 Å². The molecule has 0 bridgehead atoms. The standard InChI is InChI=1S/C20H20N2O7/c1-13-17(4-3-5-18(13)22(26)27)20(25)29-14(2)28-19(24)10-11-21-16-8-6-15(12-23)7-9-16/h3-9,12,14,21H,10-11H2,1-2H3. The number of hydrogen-bond donors (Lipinski definition) is 1. The smallest absolute Gasteiger partial charge is 0.341 e. The predicted octanol–water partition coefficient (Wildman–Crippen LogP) is 3.26. The molecule has 0 heterocycles. The van der Waals surface area contributed by atoms with Crippen molar-refractivity contribution in [2.24, 2.45) is 0 Å². The number of rotatable bonds is 9. The summed E-state index contributed by atoms with van der Waals surface area (Å²) >= 11 is 0. The van der Waals surface area contributed by atoms with Crippen molar-refractivity contribution in [3.63, 3.8) is 0 Å². The van der Waals surface area contributed by atoms with E-state index in [9.17, 15) is 24.5 Å². The van der Waals surface area contributed by atoms with Gasteiger partial charge in [-0.25, -0.2) is 4.79 Å². The first-order chi connectivity index (χ1) is 13.8. The molecule has 9 nitrogen and oxygen atoms in total. The van der Waals surface area contributed by atoms with Crippen LogP contribution in [0.3, 0.4) is 0 Å². The van der Waals surface area contributed by atoms with Crippen molar-refractivity contribution in [3.8, 4) is 0 Å². The van der Waals surface area contributed by atoms with Crippen molar-refractivity contribution >= 4 is 29.6 Å². The first kappa shape index (κ1) is 21.5. The minimum atomic E-state index is -1.15. The summed E-state index contributed by atoms with van der Waals surface area (Å²) in [5.41, 5.74) is 1.29. The molecule has 0 aliphatic rings. The maximum Gasteiger partial charge on any atom is 0.341 e. The van der Waals surface area contributed by atoms with Crippen LogP contribution in [-0.4, -0.2) is 36.0 Å². The Morgan fingerprint density at radius 1 is 1.17 bits per heavy atom. The molecule has 152 valence electrons. The van der Waals surface area contributed by atoms with Gasteiger partial charge in [0.2, 0.25) is 6.29 Å². The molecule has 0 fully saturated rings. The number of anilines is 1. The molecule has 2 aromatic carbocycles. The third-order valence-corrected chi connectivity index (χ3v) is 4.00. The minimum Gasteiger partial charge on any atom is -0.425 e. The van der Waals surface area contributed by atoms with Gasteiger partial charge in [-0.05, 0) is 37.3 Å². The molecule has 0 radical (unpaired) electrons. The zero-order valence-electron chi connectivity index (χ0n) is 15.9. The van der Waals surface area contributed by atoms with Gasteiger partial charge in [0.1, 0.15) is 6.29 Å². The van der Waals surface area contributed by atoms with Crippen LogP contribution in [0.25, 0.3) is 0 Å². The van der Waals surface area contributed by atoms with Gasteiger partial charge in [0, 0.05) is 36.3 Å². The highest BCUT2D eigenvalue weighted by Gasteiger charge is 2.21. The van der Waals surface area contributed by atoms with Crippen LogP contribution in [-0.2, 0) is 14.3 Å². The SMILES string of the molecule is Cc1c(C(=O)OC(C)OC(=O)CCNc2ccc(C=O)cc2)cccc1[N+](=O)[O-]. The summed E-state index contributed by atoms with van der Waals surface area (Å²) in [6, 6.07) is 10.8. The van der Waals surface area contributed by atoms with Crippen LogP contribution in [0.2, 0.25) is 0 Å². The zero-order valence-corrected chi connectivity index (χ0v) is 15.9. The van der Waals surface area contributed by atoms with Crippen LogP contribution in [0.1, 0.15) is 39.6 Å². The van der Waals surface area contributed by atoms with Gasteiger partial charge < -0.3 is 14.8 Å². The number of aldehydes is 1. The van der Waals surface area contributed by atoms with Crippen LogP contribution >= 0.6 is 0 Å². The Kier molecular flexibility index (Phi) is 7.41. The number of nitrogens with zero attached hydrogens (tertiary/aromatic N) is 1. The van der Waals surface area contributed by atoms with Crippen LogP contribution in [0.4, 0.5) is 11.4 Å². The number of nitro groups is 1. The second kappa shape index (κ2) is 9.98. The second-order valence-electron chi connectivity index (χ2n) is 6.09. The summed E-state index contributed by atoms with van der Waals surface area (Å²) in [4.78, 5) is 45.1. The Hall–Kier alpha value is -3.75. The Labute approximate surface area is 166 Å². The van der Waals surface area contributed by atoms with Crippen molar-refractivity contribution in [3.05, 3.63) is 69.3 Å². The molecule has 0 spiro atoms. The van der Waals surface area contributed by atoms with E-state index in [2.05, 4.69) is 5.32 Å². The van der Waals surface area contributed by atoms with Gasteiger partial charge in [-0.2, -0.15) is 0 Å². The van der Waals surface area contributed by atoms with Gasteiger partial charge in [0.25, 0.3) is 5.69 Å². The third-order valence-electron chi connectivity index (χ3n) is 4.00. The van der Waals surface area contributed by atoms with Gasteiger partial charge in [-0.1, -0.05) is 6.07 Å². The number of benzene rings is 2. The van der Waals surface area contributed by atoms with Crippen molar-refractivity contribution < 1.29 is 28.8 Å². The van der Waals surface area contributed by atoms with Crippen LogP contribution < -0.4 is 5.32 Å². The Morgan fingerprint density at radius 3 is 2.48 bits per heavy atom. The molecule has 0 aliphatic heterocycles. The van der Waals surface area contributed by atoms with Crippen LogP contribution in [0, 0.1) is 17.0 Å². The molecular formula is C20H20N2O7. The Bertz CT molecular complexity index is 910. The summed E-state index contributed by atoms with van der Waals surface area (Å²) in [5.74, 6) is -1.40. The first-order valence-corrected chi connectivity index (χ1v) is 8.75. The molecule has 1 N–H and O–H groups in total. The largest absolute Gasteiger partial charge is 0.425 e. The average Bonchev–Trinajstić information content (AvgIpc) is 2.68. The van der Waals surface area contributed by atoms with Crippen molar-refractivity contribution in [1.29, 1.82) is 0 Å². The topological polar surface area (TPSA) is 125 Å². The normalized spacial score (nSPS) is 11.2. The van der Waals surface area contributed by atoms with Gasteiger partial charge in [0.15, 0.2) is 0 Å². The van der Waals surface area contributed by atoms with Crippen LogP contribution in [0.15, 0.2) is 42.5 Å². The molecule has 9 heteroatoms. The highest BCUT2D eigenvalue weighted by molar-refractivity contribution is 5.92. The lowest BCUT2D eigenvalue weighted by Crippen LogP contribution is -2.23. The van der Waals surface area contributed by atoms with E-state index in [4.69, 9.17) is 9.47 Å². The molecule has 1 atom stereocenters. The maximum atomic E-state index is 12.2. The Morgan fingerprint density at radius 2 is 1.86 bits per heavy atom. The number of carbonyl (C=O) groups is 3. The van der Waals surface area contributed by atoms with Gasteiger partial charge in [0.05, 0.1) is 16.9 Å². The molecule has 2 rings (SSSR count). The summed E-state index contributed by atoms with van der Waals surface area (Å²) in [6.45, 7) is 3.11. The fourth-order valence-corrected chi connectivity index (χ4v) is 2.51. The van der Waals surface area contributed by atoms with E-state index in [1.807, 2.05) is 0 Å². The van der Waals surface area contributed by atoms with Gasteiger partial charge >= 0.3 is 11.9 Å². The number of carbonyl (C=O) groups excluding carboxylic acids is 3. The average molecular weight is 400 g/mol. The quantitative estimate of drug-likeness (QED) is 0.224. The first-order valence-electron chi connectivity index (χ1n) is 8.75. The predicted molar refractivity (Wildman–Crippen MR) is 104 cm³/mol. The molecule has 0 amide bonds. The third kappa shape index (κ3) is 6.13. The lowest BCUT2D eigenvalue weighted by Gasteiger charge is -2.15. The number of hydrogen-bond acceptors (Lipinski definition) is 8. The molecular weight excluding hydrogens is 380 g/mol. The van der Waals surface area contributed by atoms with E-state index in [0.717, 1.165) is 12.0 Å².